The standard InChI is InChI=1S/C11H18N4O2/c1-4-14(8(2)3)10-5-9(13-12)6-11(7-10)15(16)17/h5-8,13H,4,12H2,1-3H3. The van der Waals surface area contributed by atoms with Gasteiger partial charge in [0.15, 0.2) is 0 Å². The molecule has 6 heteroatoms. The maximum absolute atomic E-state index is 10.8. The average molecular weight is 238 g/mol. The number of nitrogens with one attached hydrogen (secondary N) is 1. The molecule has 17 heavy (non-hydrogen) atoms. The van der Waals surface area contributed by atoms with Crippen molar-refractivity contribution in [2.75, 3.05) is 16.9 Å². The number of anilines is 2. The summed E-state index contributed by atoms with van der Waals surface area (Å²) in [4.78, 5) is 12.5. The normalized spacial score (nSPS) is 10.4. The third-order valence-corrected chi connectivity index (χ3v) is 2.58. The summed E-state index contributed by atoms with van der Waals surface area (Å²) in [5, 5.41) is 10.8. The Morgan fingerprint density at radius 2 is 2.12 bits per heavy atom. The van der Waals surface area contributed by atoms with Crippen molar-refractivity contribution >= 4 is 17.1 Å². The predicted octanol–water partition coefficient (Wildman–Crippen LogP) is 2.12. The van der Waals surface area contributed by atoms with E-state index in [-0.39, 0.29) is 11.7 Å². The van der Waals surface area contributed by atoms with Gasteiger partial charge in [0.25, 0.3) is 5.69 Å². The molecule has 0 bridgehead atoms. The van der Waals surface area contributed by atoms with Crippen molar-refractivity contribution in [1.82, 2.24) is 0 Å². The highest BCUT2D eigenvalue weighted by molar-refractivity contribution is 5.64. The van der Waals surface area contributed by atoms with Gasteiger partial charge in [-0.05, 0) is 26.8 Å². The van der Waals surface area contributed by atoms with Gasteiger partial charge in [0, 0.05) is 30.4 Å². The summed E-state index contributed by atoms with van der Waals surface area (Å²) in [5.74, 6) is 5.31. The molecular weight excluding hydrogens is 220 g/mol. The number of hydrogen-bond acceptors (Lipinski definition) is 5. The van der Waals surface area contributed by atoms with E-state index in [1.807, 2.05) is 20.8 Å². The summed E-state index contributed by atoms with van der Waals surface area (Å²) < 4.78 is 0. The van der Waals surface area contributed by atoms with E-state index < -0.39 is 4.92 Å². The van der Waals surface area contributed by atoms with E-state index in [2.05, 4.69) is 10.3 Å². The van der Waals surface area contributed by atoms with Gasteiger partial charge in [-0.2, -0.15) is 0 Å². The second-order valence-corrected chi connectivity index (χ2v) is 4.02. The van der Waals surface area contributed by atoms with Gasteiger partial charge in [-0.1, -0.05) is 0 Å². The zero-order valence-electron chi connectivity index (χ0n) is 10.3. The van der Waals surface area contributed by atoms with Crippen LogP contribution < -0.4 is 16.2 Å². The lowest BCUT2D eigenvalue weighted by atomic mass is 10.2. The van der Waals surface area contributed by atoms with Gasteiger partial charge in [0.1, 0.15) is 0 Å². The Morgan fingerprint density at radius 3 is 2.53 bits per heavy atom. The Labute approximate surface area is 101 Å². The van der Waals surface area contributed by atoms with E-state index >= 15 is 0 Å². The van der Waals surface area contributed by atoms with E-state index in [1.165, 1.54) is 6.07 Å². The second-order valence-electron chi connectivity index (χ2n) is 4.02. The lowest BCUT2D eigenvalue weighted by Gasteiger charge is -2.27. The minimum atomic E-state index is -0.418. The maximum Gasteiger partial charge on any atom is 0.273 e. The number of nitrogens with zero attached hydrogens (tertiary/aromatic N) is 2. The molecule has 0 aliphatic carbocycles. The predicted molar refractivity (Wildman–Crippen MR) is 69.1 cm³/mol. The van der Waals surface area contributed by atoms with Crippen LogP contribution in [-0.4, -0.2) is 17.5 Å². The molecule has 0 saturated heterocycles. The Bertz CT molecular complexity index is 406. The summed E-state index contributed by atoms with van der Waals surface area (Å²) in [6.07, 6.45) is 0. The molecule has 6 nitrogen and oxygen atoms in total. The Balaban J connectivity index is 3.22. The van der Waals surface area contributed by atoms with Gasteiger partial charge in [0.05, 0.1) is 10.6 Å². The molecule has 0 spiro atoms. The largest absolute Gasteiger partial charge is 0.369 e. The topological polar surface area (TPSA) is 84.4 Å². The second kappa shape index (κ2) is 5.49. The van der Waals surface area contributed by atoms with Crippen molar-refractivity contribution in [3.63, 3.8) is 0 Å². The van der Waals surface area contributed by atoms with Gasteiger partial charge >= 0.3 is 0 Å². The smallest absolute Gasteiger partial charge is 0.273 e. The summed E-state index contributed by atoms with van der Waals surface area (Å²) in [5.41, 5.74) is 3.82. The molecular formula is C11H18N4O2. The highest BCUT2D eigenvalue weighted by atomic mass is 16.6. The highest BCUT2D eigenvalue weighted by Crippen LogP contribution is 2.27. The molecule has 1 aromatic rings. The first-order chi connectivity index (χ1) is 7.99. The number of nitrogen functional groups attached to an aromatic ring is 1. The van der Waals surface area contributed by atoms with Crippen LogP contribution in [0.5, 0.6) is 0 Å². The molecule has 94 valence electrons. The molecule has 1 aromatic carbocycles. The number of hydrogen-bond donors (Lipinski definition) is 2. The number of non-ortho nitro benzene ring substituents is 1. The van der Waals surface area contributed by atoms with Gasteiger partial charge in [-0.3, -0.25) is 16.0 Å². The first-order valence-electron chi connectivity index (χ1n) is 5.52. The summed E-state index contributed by atoms with van der Waals surface area (Å²) in [7, 11) is 0. The number of nitro groups is 1. The maximum atomic E-state index is 10.8. The van der Waals surface area contributed by atoms with Crippen LogP contribution in [0.3, 0.4) is 0 Å². The van der Waals surface area contributed by atoms with E-state index in [1.54, 1.807) is 12.1 Å². The molecule has 0 aromatic heterocycles. The van der Waals surface area contributed by atoms with Crippen LogP contribution in [0.1, 0.15) is 20.8 Å². The van der Waals surface area contributed by atoms with Gasteiger partial charge in [-0.25, -0.2) is 0 Å². The molecule has 0 aliphatic heterocycles. The van der Waals surface area contributed by atoms with Crippen LogP contribution in [0.4, 0.5) is 17.1 Å². The number of nitro benzene ring substituents is 1. The van der Waals surface area contributed by atoms with E-state index in [0.29, 0.717) is 5.69 Å². The van der Waals surface area contributed by atoms with Crippen LogP contribution in [0.25, 0.3) is 0 Å². The van der Waals surface area contributed by atoms with Crippen LogP contribution >= 0.6 is 0 Å². The third kappa shape index (κ3) is 3.07. The summed E-state index contributed by atoms with van der Waals surface area (Å²) in [6, 6.07) is 5.05. The molecule has 0 radical (unpaired) electrons. The van der Waals surface area contributed by atoms with Crippen LogP contribution in [0.2, 0.25) is 0 Å². The minimum absolute atomic E-state index is 0.0366. The van der Waals surface area contributed by atoms with Crippen LogP contribution in [0.15, 0.2) is 18.2 Å². The number of rotatable bonds is 5. The minimum Gasteiger partial charge on any atom is -0.369 e. The first-order valence-corrected chi connectivity index (χ1v) is 5.52. The fourth-order valence-corrected chi connectivity index (χ4v) is 1.80. The molecule has 0 unspecified atom stereocenters. The lowest BCUT2D eigenvalue weighted by molar-refractivity contribution is -0.384. The summed E-state index contributed by atoms with van der Waals surface area (Å²) in [6.45, 7) is 6.87. The highest BCUT2D eigenvalue weighted by Gasteiger charge is 2.14. The molecule has 0 aliphatic rings. The van der Waals surface area contributed by atoms with Crippen molar-refractivity contribution in [3.05, 3.63) is 28.3 Å². The van der Waals surface area contributed by atoms with Gasteiger partial charge in [-0.15, -0.1) is 0 Å². The SMILES string of the molecule is CCN(c1cc(NN)cc([N+](=O)[O-])c1)C(C)C. The number of hydrazine groups is 1. The molecule has 0 heterocycles. The Morgan fingerprint density at radius 1 is 1.47 bits per heavy atom. The van der Waals surface area contributed by atoms with Crippen molar-refractivity contribution < 1.29 is 4.92 Å². The van der Waals surface area contributed by atoms with E-state index in [4.69, 9.17) is 5.84 Å². The fourth-order valence-electron chi connectivity index (χ4n) is 1.80. The average Bonchev–Trinajstić information content (AvgIpc) is 2.28. The van der Waals surface area contributed by atoms with Crippen molar-refractivity contribution in [2.24, 2.45) is 5.84 Å². The molecule has 0 amide bonds. The van der Waals surface area contributed by atoms with Crippen LogP contribution in [0, 0.1) is 10.1 Å². The first kappa shape index (κ1) is 13.2. The van der Waals surface area contributed by atoms with E-state index in [0.717, 1.165) is 12.2 Å². The number of nitrogens with two attached hydrogens (primary N) is 1. The summed E-state index contributed by atoms with van der Waals surface area (Å²) >= 11 is 0. The Kier molecular flexibility index (Phi) is 4.28. The quantitative estimate of drug-likeness (QED) is 0.466. The monoisotopic (exact) mass is 238 g/mol. The molecule has 3 N–H and O–H groups in total. The van der Waals surface area contributed by atoms with Crippen molar-refractivity contribution in [1.29, 1.82) is 0 Å². The van der Waals surface area contributed by atoms with Crippen LogP contribution in [-0.2, 0) is 0 Å². The fraction of sp³-hybridized carbons (Fsp3) is 0.455. The Hall–Kier alpha value is -1.82. The molecule has 0 saturated carbocycles. The zero-order valence-corrected chi connectivity index (χ0v) is 10.3. The molecule has 0 atom stereocenters. The zero-order chi connectivity index (χ0) is 13.0. The van der Waals surface area contributed by atoms with E-state index in [9.17, 15) is 10.1 Å². The molecule has 1 rings (SSSR count). The number of benzene rings is 1. The van der Waals surface area contributed by atoms with Gasteiger partial charge in [0.2, 0.25) is 0 Å². The molecule has 0 fully saturated rings. The lowest BCUT2D eigenvalue weighted by Crippen LogP contribution is -2.30. The van der Waals surface area contributed by atoms with Gasteiger partial charge < -0.3 is 10.3 Å². The van der Waals surface area contributed by atoms with Crippen molar-refractivity contribution in [3.8, 4) is 0 Å². The van der Waals surface area contributed by atoms with Crippen molar-refractivity contribution in [2.45, 2.75) is 26.8 Å². The third-order valence-electron chi connectivity index (χ3n) is 2.58.